The zero-order valence-electron chi connectivity index (χ0n) is 24.2. The minimum atomic E-state index is -0.881. The lowest BCUT2D eigenvalue weighted by molar-refractivity contribution is -0.139. The predicted molar refractivity (Wildman–Crippen MR) is 155 cm³/mol. The maximum absolute atomic E-state index is 13.7. The number of benzene rings is 2. The van der Waals surface area contributed by atoms with Crippen LogP contribution >= 0.6 is 0 Å². The molecular weight excluding hydrogens is 524 g/mol. The molecule has 0 radical (unpaired) electrons. The minimum Gasteiger partial charge on any atom is -0.445 e. The molecule has 3 rings (SSSR count). The van der Waals surface area contributed by atoms with Gasteiger partial charge in [-0.1, -0.05) is 60.7 Å². The molecule has 0 saturated carbocycles. The van der Waals surface area contributed by atoms with E-state index in [1.165, 1.54) is 0 Å². The molecule has 1 aliphatic heterocycles. The molecule has 2 aromatic rings. The Morgan fingerprint density at radius 2 is 1.49 bits per heavy atom. The summed E-state index contributed by atoms with van der Waals surface area (Å²) in [4.78, 5) is 52.7. The van der Waals surface area contributed by atoms with Crippen LogP contribution in [0.4, 0.5) is 9.59 Å². The molecule has 10 heteroatoms. The third-order valence-electron chi connectivity index (χ3n) is 6.50. The Labute approximate surface area is 242 Å². The van der Waals surface area contributed by atoms with Crippen LogP contribution in [0.1, 0.15) is 57.6 Å². The Balaban J connectivity index is 1.52. The lowest BCUT2D eigenvalue weighted by Gasteiger charge is -2.28. The van der Waals surface area contributed by atoms with Crippen molar-refractivity contribution in [2.45, 2.75) is 77.2 Å². The van der Waals surface area contributed by atoms with Crippen LogP contribution in [0.2, 0.25) is 0 Å². The van der Waals surface area contributed by atoms with Crippen molar-refractivity contribution in [3.8, 4) is 0 Å². The highest BCUT2D eigenvalue weighted by Gasteiger charge is 2.37. The Morgan fingerprint density at radius 3 is 2.12 bits per heavy atom. The van der Waals surface area contributed by atoms with Crippen molar-refractivity contribution in [3.05, 3.63) is 71.8 Å². The summed E-state index contributed by atoms with van der Waals surface area (Å²) in [6, 6.07) is 17.2. The van der Waals surface area contributed by atoms with Gasteiger partial charge in [0.2, 0.25) is 11.8 Å². The fourth-order valence-electron chi connectivity index (χ4n) is 4.54. The molecule has 1 saturated heterocycles. The fourth-order valence-corrected chi connectivity index (χ4v) is 4.54. The maximum atomic E-state index is 13.7. The van der Waals surface area contributed by atoms with Crippen LogP contribution in [0.25, 0.3) is 0 Å². The highest BCUT2D eigenvalue weighted by Crippen LogP contribution is 2.20. The smallest absolute Gasteiger partial charge is 0.408 e. The molecule has 3 N–H and O–H groups in total. The number of alkyl carbamates (subject to hydrolysis) is 2. The first-order valence-corrected chi connectivity index (χ1v) is 14.2. The number of nitrogens with one attached hydrogen (secondary N) is 3. The largest absolute Gasteiger partial charge is 0.445 e. The second kappa shape index (κ2) is 15.6. The maximum Gasteiger partial charge on any atom is 0.408 e. The Bertz CT molecular complexity index is 1140. The second-order valence-electron chi connectivity index (χ2n) is 11.1. The van der Waals surface area contributed by atoms with Gasteiger partial charge in [-0.05, 0) is 57.6 Å². The molecule has 0 aromatic heterocycles. The van der Waals surface area contributed by atoms with Gasteiger partial charge >= 0.3 is 12.2 Å². The van der Waals surface area contributed by atoms with Crippen molar-refractivity contribution in [1.29, 1.82) is 0 Å². The molecule has 2 aromatic carbocycles. The van der Waals surface area contributed by atoms with Gasteiger partial charge in [0.25, 0.3) is 0 Å². The summed E-state index contributed by atoms with van der Waals surface area (Å²) in [5.74, 6) is -0.536. The van der Waals surface area contributed by atoms with Crippen molar-refractivity contribution >= 4 is 24.0 Å². The number of nitrogens with zero attached hydrogens (tertiary/aromatic N) is 1. The van der Waals surface area contributed by atoms with Gasteiger partial charge in [0.15, 0.2) is 0 Å². The van der Waals surface area contributed by atoms with Gasteiger partial charge in [-0.2, -0.15) is 0 Å². The number of unbranched alkanes of at least 4 members (excludes halogenated alkanes) is 1. The molecule has 10 nitrogen and oxygen atoms in total. The summed E-state index contributed by atoms with van der Waals surface area (Å²) in [7, 11) is 0. The summed E-state index contributed by atoms with van der Waals surface area (Å²) < 4.78 is 10.6. The van der Waals surface area contributed by atoms with Crippen molar-refractivity contribution in [3.63, 3.8) is 0 Å². The van der Waals surface area contributed by atoms with Gasteiger partial charge < -0.3 is 30.3 Å². The first kappa shape index (κ1) is 31.4. The number of rotatable bonds is 12. The summed E-state index contributed by atoms with van der Waals surface area (Å²) in [5, 5.41) is 8.35. The number of carbonyl (C=O) groups is 4. The molecule has 2 atom stereocenters. The monoisotopic (exact) mass is 566 g/mol. The highest BCUT2D eigenvalue weighted by atomic mass is 16.6. The van der Waals surface area contributed by atoms with Gasteiger partial charge in [0.1, 0.15) is 24.3 Å². The number of ether oxygens (including phenoxy) is 2. The van der Waals surface area contributed by atoms with E-state index < -0.39 is 29.9 Å². The van der Waals surface area contributed by atoms with Crippen LogP contribution < -0.4 is 16.0 Å². The number of amides is 4. The van der Waals surface area contributed by atoms with Crippen molar-refractivity contribution in [2.24, 2.45) is 0 Å². The fraction of sp³-hybridized carbons (Fsp3) is 0.484. The third kappa shape index (κ3) is 11.1. The van der Waals surface area contributed by atoms with E-state index >= 15 is 0 Å². The standard InChI is InChI=1S/C31H42N4O6/c1-31(2,3)41-29(38)33-19-11-10-18-32-27(36)26-17-12-20-35(26)28(37)25(21-23-13-6-4-7-14-23)34-30(39)40-22-24-15-8-5-9-16-24/h4-9,13-16,25-26H,10-12,17-22H2,1-3H3,(H,32,36)(H,33,38)(H,34,39)/t25-,26+/m1/s1. The summed E-state index contributed by atoms with van der Waals surface area (Å²) >= 11 is 0. The molecule has 0 bridgehead atoms. The molecule has 41 heavy (non-hydrogen) atoms. The molecule has 0 aliphatic carbocycles. The molecule has 222 valence electrons. The SMILES string of the molecule is CC(C)(C)OC(=O)NCCCCNC(=O)[C@@H]1CCCN1C(=O)[C@@H](Cc1ccccc1)NC(=O)OCc1ccccc1. The predicted octanol–water partition coefficient (Wildman–Crippen LogP) is 3.94. The van der Waals surface area contributed by atoms with Crippen LogP contribution in [0, 0.1) is 0 Å². The van der Waals surface area contributed by atoms with Crippen LogP contribution in [-0.2, 0) is 32.1 Å². The normalized spacial score (nSPS) is 15.5. The van der Waals surface area contributed by atoms with Gasteiger partial charge in [-0.3, -0.25) is 9.59 Å². The lowest BCUT2D eigenvalue weighted by atomic mass is 10.0. The average molecular weight is 567 g/mol. The topological polar surface area (TPSA) is 126 Å². The van der Waals surface area contributed by atoms with Crippen LogP contribution in [0.15, 0.2) is 60.7 Å². The Hall–Kier alpha value is -4.08. The van der Waals surface area contributed by atoms with Gasteiger partial charge in [-0.25, -0.2) is 9.59 Å². The van der Waals surface area contributed by atoms with E-state index in [2.05, 4.69) is 16.0 Å². The van der Waals surface area contributed by atoms with E-state index in [0.29, 0.717) is 45.3 Å². The Kier molecular flexibility index (Phi) is 12.0. The van der Waals surface area contributed by atoms with Gasteiger partial charge in [0, 0.05) is 26.1 Å². The third-order valence-corrected chi connectivity index (χ3v) is 6.50. The zero-order chi connectivity index (χ0) is 29.7. The van der Waals surface area contributed by atoms with Gasteiger partial charge in [0.05, 0.1) is 0 Å². The van der Waals surface area contributed by atoms with Crippen LogP contribution in [-0.4, -0.2) is 66.2 Å². The number of carbonyl (C=O) groups excluding carboxylic acids is 4. The summed E-state index contributed by atoms with van der Waals surface area (Å²) in [6.07, 6.45) is 1.69. The van der Waals surface area contributed by atoms with Crippen LogP contribution in [0.3, 0.4) is 0 Å². The van der Waals surface area contributed by atoms with E-state index in [0.717, 1.165) is 11.1 Å². The lowest BCUT2D eigenvalue weighted by Crippen LogP contribution is -2.54. The quantitative estimate of drug-likeness (QED) is 0.334. The molecule has 1 heterocycles. The first-order valence-electron chi connectivity index (χ1n) is 14.2. The molecule has 0 unspecified atom stereocenters. The average Bonchev–Trinajstić information content (AvgIpc) is 3.43. The Morgan fingerprint density at radius 1 is 0.878 bits per heavy atom. The summed E-state index contributed by atoms with van der Waals surface area (Å²) in [6.45, 7) is 6.78. The summed E-state index contributed by atoms with van der Waals surface area (Å²) in [5.41, 5.74) is 1.17. The zero-order valence-corrected chi connectivity index (χ0v) is 24.2. The van der Waals surface area contributed by atoms with Crippen molar-refractivity contribution < 1.29 is 28.7 Å². The van der Waals surface area contributed by atoms with E-state index in [-0.39, 0.29) is 24.8 Å². The van der Waals surface area contributed by atoms with Crippen molar-refractivity contribution in [1.82, 2.24) is 20.9 Å². The van der Waals surface area contributed by atoms with Crippen molar-refractivity contribution in [2.75, 3.05) is 19.6 Å². The van der Waals surface area contributed by atoms with E-state index in [9.17, 15) is 19.2 Å². The van der Waals surface area contributed by atoms with E-state index in [1.54, 1.807) is 25.7 Å². The second-order valence-corrected chi connectivity index (χ2v) is 11.1. The number of likely N-dealkylation sites (tertiary alicyclic amines) is 1. The first-order chi connectivity index (χ1) is 19.6. The molecule has 0 spiro atoms. The highest BCUT2D eigenvalue weighted by molar-refractivity contribution is 5.92. The van der Waals surface area contributed by atoms with E-state index in [1.807, 2.05) is 60.7 Å². The van der Waals surface area contributed by atoms with Gasteiger partial charge in [-0.15, -0.1) is 0 Å². The molecule has 4 amide bonds. The number of hydrogen-bond donors (Lipinski definition) is 3. The van der Waals surface area contributed by atoms with E-state index in [4.69, 9.17) is 9.47 Å². The van der Waals surface area contributed by atoms with Crippen LogP contribution in [0.5, 0.6) is 0 Å². The molecule has 1 aliphatic rings. The molecule has 1 fully saturated rings. The number of hydrogen-bond acceptors (Lipinski definition) is 6. The minimum absolute atomic E-state index is 0.0843. The molecular formula is C31H42N4O6.